The normalized spacial score (nSPS) is 15.6. The number of piperazine rings is 1. The first kappa shape index (κ1) is 20.1. The first-order chi connectivity index (χ1) is 14.7. The number of anilines is 1. The Morgan fingerprint density at radius 2 is 1.43 bits per heavy atom. The van der Waals surface area contributed by atoms with Gasteiger partial charge in [-0.1, -0.05) is 60.7 Å². The summed E-state index contributed by atoms with van der Waals surface area (Å²) in [6.07, 6.45) is 0.937. The summed E-state index contributed by atoms with van der Waals surface area (Å²) < 4.78 is 13.1. The predicted octanol–water partition coefficient (Wildman–Crippen LogP) is 4.96. The first-order valence-electron chi connectivity index (χ1n) is 10.3. The standard InChI is InChI=1S/C25H26FN3O/c26-22-11-13-23(14-12-22)27-25(30)29-17-15-28(16-18-29)24(21-9-5-2-6-10-21)19-20-7-3-1-4-8-20/h1-14,24H,15-19H2,(H,27,30)/t24-/m0/s1. The Balaban J connectivity index is 1.41. The van der Waals surface area contributed by atoms with Crippen LogP contribution in [0.15, 0.2) is 84.9 Å². The number of halogens is 1. The number of nitrogens with zero attached hydrogens (tertiary/aromatic N) is 2. The zero-order chi connectivity index (χ0) is 20.8. The van der Waals surface area contributed by atoms with Gasteiger partial charge in [0, 0.05) is 37.9 Å². The summed E-state index contributed by atoms with van der Waals surface area (Å²) in [6.45, 7) is 2.93. The highest BCUT2D eigenvalue weighted by atomic mass is 19.1. The third-order valence-electron chi connectivity index (χ3n) is 5.59. The van der Waals surface area contributed by atoms with Gasteiger partial charge in [-0.2, -0.15) is 0 Å². The molecule has 2 amide bonds. The molecule has 3 aromatic carbocycles. The van der Waals surface area contributed by atoms with Crippen molar-refractivity contribution in [3.63, 3.8) is 0 Å². The van der Waals surface area contributed by atoms with Gasteiger partial charge in [0.25, 0.3) is 0 Å². The van der Waals surface area contributed by atoms with E-state index in [0.29, 0.717) is 18.8 Å². The van der Waals surface area contributed by atoms with Crippen molar-refractivity contribution in [2.75, 3.05) is 31.5 Å². The lowest BCUT2D eigenvalue weighted by atomic mass is 9.96. The number of nitrogens with one attached hydrogen (secondary N) is 1. The molecule has 5 heteroatoms. The summed E-state index contributed by atoms with van der Waals surface area (Å²) in [7, 11) is 0. The second-order valence-corrected chi connectivity index (χ2v) is 7.58. The van der Waals surface area contributed by atoms with Crippen molar-refractivity contribution in [1.82, 2.24) is 9.80 Å². The molecule has 30 heavy (non-hydrogen) atoms. The van der Waals surface area contributed by atoms with Gasteiger partial charge in [-0.3, -0.25) is 4.90 Å². The molecule has 4 nitrogen and oxygen atoms in total. The van der Waals surface area contributed by atoms with Gasteiger partial charge >= 0.3 is 6.03 Å². The van der Waals surface area contributed by atoms with Gasteiger partial charge in [0.05, 0.1) is 0 Å². The van der Waals surface area contributed by atoms with Crippen LogP contribution in [0.5, 0.6) is 0 Å². The summed E-state index contributed by atoms with van der Waals surface area (Å²) in [5.74, 6) is -0.313. The van der Waals surface area contributed by atoms with Crippen LogP contribution in [-0.4, -0.2) is 42.0 Å². The zero-order valence-electron chi connectivity index (χ0n) is 16.9. The van der Waals surface area contributed by atoms with E-state index in [2.05, 4.69) is 58.7 Å². The van der Waals surface area contributed by atoms with E-state index in [9.17, 15) is 9.18 Å². The van der Waals surface area contributed by atoms with Gasteiger partial charge < -0.3 is 10.2 Å². The lowest BCUT2D eigenvalue weighted by Crippen LogP contribution is -2.51. The molecule has 1 heterocycles. The number of hydrogen-bond acceptors (Lipinski definition) is 2. The number of carbonyl (C=O) groups is 1. The lowest BCUT2D eigenvalue weighted by molar-refractivity contribution is 0.112. The number of hydrogen-bond donors (Lipinski definition) is 1. The van der Waals surface area contributed by atoms with Crippen LogP contribution in [0.4, 0.5) is 14.9 Å². The molecular weight excluding hydrogens is 377 g/mol. The van der Waals surface area contributed by atoms with Crippen molar-refractivity contribution in [2.45, 2.75) is 12.5 Å². The van der Waals surface area contributed by atoms with Crippen LogP contribution in [0.2, 0.25) is 0 Å². The minimum atomic E-state index is -0.313. The molecule has 1 fully saturated rings. The molecule has 0 aliphatic carbocycles. The van der Waals surface area contributed by atoms with E-state index in [1.807, 2.05) is 17.0 Å². The van der Waals surface area contributed by atoms with Crippen molar-refractivity contribution >= 4 is 11.7 Å². The Hall–Kier alpha value is -3.18. The largest absolute Gasteiger partial charge is 0.322 e. The number of amides is 2. The van der Waals surface area contributed by atoms with Crippen molar-refractivity contribution in [2.24, 2.45) is 0 Å². The lowest BCUT2D eigenvalue weighted by Gasteiger charge is -2.39. The van der Waals surface area contributed by atoms with E-state index in [1.54, 1.807) is 12.1 Å². The third kappa shape index (κ3) is 5.05. The minimum absolute atomic E-state index is 0.138. The Kier molecular flexibility index (Phi) is 6.40. The molecule has 0 unspecified atom stereocenters. The third-order valence-corrected chi connectivity index (χ3v) is 5.59. The fraction of sp³-hybridized carbons (Fsp3) is 0.240. The van der Waals surface area contributed by atoms with Gasteiger partial charge in [-0.15, -0.1) is 0 Å². The predicted molar refractivity (Wildman–Crippen MR) is 118 cm³/mol. The molecule has 4 rings (SSSR count). The van der Waals surface area contributed by atoms with E-state index in [-0.39, 0.29) is 17.9 Å². The molecule has 0 aromatic heterocycles. The highest BCUT2D eigenvalue weighted by molar-refractivity contribution is 5.89. The van der Waals surface area contributed by atoms with Gasteiger partial charge in [0.1, 0.15) is 5.82 Å². The van der Waals surface area contributed by atoms with Crippen molar-refractivity contribution < 1.29 is 9.18 Å². The van der Waals surface area contributed by atoms with Crippen LogP contribution in [-0.2, 0) is 6.42 Å². The Morgan fingerprint density at radius 3 is 2.07 bits per heavy atom. The van der Waals surface area contributed by atoms with Crippen molar-refractivity contribution in [1.29, 1.82) is 0 Å². The van der Waals surface area contributed by atoms with Crippen molar-refractivity contribution in [3.8, 4) is 0 Å². The minimum Gasteiger partial charge on any atom is -0.322 e. The molecular formula is C25H26FN3O. The van der Waals surface area contributed by atoms with Crippen molar-refractivity contribution in [3.05, 3.63) is 102 Å². The topological polar surface area (TPSA) is 35.6 Å². The van der Waals surface area contributed by atoms with E-state index < -0.39 is 0 Å². The monoisotopic (exact) mass is 403 g/mol. The molecule has 1 aliphatic rings. The molecule has 1 N–H and O–H groups in total. The van der Waals surface area contributed by atoms with Gasteiger partial charge in [-0.25, -0.2) is 9.18 Å². The molecule has 1 saturated heterocycles. The highest BCUT2D eigenvalue weighted by Crippen LogP contribution is 2.26. The fourth-order valence-electron chi connectivity index (χ4n) is 3.94. The van der Waals surface area contributed by atoms with Crippen LogP contribution < -0.4 is 5.32 Å². The number of benzene rings is 3. The van der Waals surface area contributed by atoms with Crippen LogP contribution >= 0.6 is 0 Å². The zero-order valence-corrected chi connectivity index (χ0v) is 16.9. The summed E-state index contributed by atoms with van der Waals surface area (Å²) >= 11 is 0. The Bertz CT molecular complexity index is 939. The van der Waals surface area contributed by atoms with Gasteiger partial charge in [0.2, 0.25) is 0 Å². The van der Waals surface area contributed by atoms with E-state index in [1.165, 1.54) is 23.3 Å². The summed E-state index contributed by atoms with van der Waals surface area (Å²) in [6, 6.07) is 27.1. The summed E-state index contributed by atoms with van der Waals surface area (Å²) in [5, 5.41) is 2.86. The van der Waals surface area contributed by atoms with Crippen LogP contribution in [0.3, 0.4) is 0 Å². The first-order valence-corrected chi connectivity index (χ1v) is 10.3. The average molecular weight is 404 g/mol. The number of carbonyl (C=O) groups excluding carboxylic acids is 1. The SMILES string of the molecule is O=C(Nc1ccc(F)cc1)N1CCN([C@@H](Cc2ccccc2)c2ccccc2)CC1. The summed E-state index contributed by atoms with van der Waals surface area (Å²) in [5.41, 5.74) is 3.21. The molecule has 0 saturated carbocycles. The number of rotatable bonds is 5. The maximum absolute atomic E-state index is 13.1. The van der Waals surface area contributed by atoms with Gasteiger partial charge in [-0.05, 0) is 41.8 Å². The maximum atomic E-state index is 13.1. The summed E-state index contributed by atoms with van der Waals surface area (Å²) in [4.78, 5) is 16.9. The molecule has 154 valence electrons. The van der Waals surface area contributed by atoms with Crippen LogP contribution in [0.1, 0.15) is 17.2 Å². The van der Waals surface area contributed by atoms with Crippen LogP contribution in [0, 0.1) is 5.82 Å². The van der Waals surface area contributed by atoms with Gasteiger partial charge in [0.15, 0.2) is 0 Å². The second kappa shape index (κ2) is 9.55. The van der Waals surface area contributed by atoms with E-state index >= 15 is 0 Å². The fourth-order valence-corrected chi connectivity index (χ4v) is 3.94. The Labute approximate surface area is 176 Å². The van der Waals surface area contributed by atoms with E-state index in [4.69, 9.17) is 0 Å². The molecule has 0 spiro atoms. The number of urea groups is 1. The quantitative estimate of drug-likeness (QED) is 0.654. The molecule has 0 bridgehead atoms. The second-order valence-electron chi connectivity index (χ2n) is 7.58. The molecule has 0 radical (unpaired) electrons. The van der Waals surface area contributed by atoms with E-state index in [0.717, 1.165) is 19.5 Å². The smallest absolute Gasteiger partial charge is 0.321 e. The Morgan fingerprint density at radius 1 is 0.833 bits per heavy atom. The molecule has 3 aromatic rings. The highest BCUT2D eigenvalue weighted by Gasteiger charge is 2.27. The molecule has 1 aliphatic heterocycles. The molecule has 1 atom stereocenters. The maximum Gasteiger partial charge on any atom is 0.321 e. The average Bonchev–Trinajstić information content (AvgIpc) is 2.80. The van der Waals surface area contributed by atoms with Crippen LogP contribution in [0.25, 0.3) is 0 Å².